The smallest absolute Gasteiger partial charge is 0.225 e. The van der Waals surface area contributed by atoms with Crippen LogP contribution in [0.15, 0.2) is 22.8 Å². The number of hydrogen-bond donors (Lipinski definition) is 1. The standard InChI is InChI=1S/C16H22N2O3/c1-11(2)15(20)18-6-5-16(10-18)8-13(16)14(19)17-9-12-4-3-7-21-12/h3-4,7,11,13H,5-6,8-10H2,1-2H3,(H,17,19). The SMILES string of the molecule is CC(C)C(=O)N1CCC2(CC2C(=O)NCc2ccco2)C1. The lowest BCUT2D eigenvalue weighted by Gasteiger charge is -2.18. The molecule has 2 amide bonds. The second kappa shape index (κ2) is 5.20. The summed E-state index contributed by atoms with van der Waals surface area (Å²) in [5, 5.41) is 2.93. The number of hydrogen-bond acceptors (Lipinski definition) is 3. The van der Waals surface area contributed by atoms with Crippen LogP contribution in [0.4, 0.5) is 0 Å². The minimum atomic E-state index is 0.0325. The average molecular weight is 290 g/mol. The molecule has 2 fully saturated rings. The minimum Gasteiger partial charge on any atom is -0.467 e. The summed E-state index contributed by atoms with van der Waals surface area (Å²) in [6.07, 6.45) is 3.45. The van der Waals surface area contributed by atoms with Crippen molar-refractivity contribution in [3.05, 3.63) is 24.2 Å². The largest absolute Gasteiger partial charge is 0.467 e. The average Bonchev–Trinajstić information content (AvgIpc) is 2.83. The molecule has 21 heavy (non-hydrogen) atoms. The molecule has 1 spiro atoms. The first-order valence-corrected chi connectivity index (χ1v) is 7.61. The van der Waals surface area contributed by atoms with E-state index in [4.69, 9.17) is 4.42 Å². The molecule has 1 aliphatic heterocycles. The van der Waals surface area contributed by atoms with Gasteiger partial charge in [0.05, 0.1) is 12.8 Å². The predicted octanol–water partition coefficient (Wildman–Crippen LogP) is 1.79. The number of amides is 2. The summed E-state index contributed by atoms with van der Waals surface area (Å²) in [7, 11) is 0. The van der Waals surface area contributed by atoms with Crippen molar-refractivity contribution in [2.75, 3.05) is 13.1 Å². The van der Waals surface area contributed by atoms with Gasteiger partial charge < -0.3 is 14.6 Å². The lowest BCUT2D eigenvalue weighted by molar-refractivity contribution is -0.133. The number of likely N-dealkylation sites (tertiary alicyclic amines) is 1. The Morgan fingerprint density at radius 1 is 1.52 bits per heavy atom. The van der Waals surface area contributed by atoms with Crippen LogP contribution >= 0.6 is 0 Å². The van der Waals surface area contributed by atoms with Crippen LogP contribution < -0.4 is 5.32 Å². The first-order chi connectivity index (χ1) is 10.0. The molecule has 1 saturated carbocycles. The van der Waals surface area contributed by atoms with Gasteiger partial charge in [0, 0.05) is 30.3 Å². The summed E-state index contributed by atoms with van der Waals surface area (Å²) in [5.74, 6) is 1.14. The quantitative estimate of drug-likeness (QED) is 0.919. The highest BCUT2D eigenvalue weighted by molar-refractivity contribution is 5.83. The maximum Gasteiger partial charge on any atom is 0.225 e. The number of nitrogens with zero attached hydrogens (tertiary/aromatic N) is 1. The zero-order valence-electron chi connectivity index (χ0n) is 12.6. The summed E-state index contributed by atoms with van der Waals surface area (Å²) in [4.78, 5) is 26.2. The maximum absolute atomic E-state index is 12.2. The van der Waals surface area contributed by atoms with Gasteiger partial charge in [0.25, 0.3) is 0 Å². The molecule has 5 nitrogen and oxygen atoms in total. The van der Waals surface area contributed by atoms with Gasteiger partial charge in [0.1, 0.15) is 5.76 Å². The predicted molar refractivity (Wildman–Crippen MR) is 77.1 cm³/mol. The van der Waals surface area contributed by atoms with Gasteiger partial charge in [-0.25, -0.2) is 0 Å². The Morgan fingerprint density at radius 2 is 2.33 bits per heavy atom. The van der Waals surface area contributed by atoms with Crippen molar-refractivity contribution in [3.63, 3.8) is 0 Å². The van der Waals surface area contributed by atoms with Gasteiger partial charge in [-0.1, -0.05) is 13.8 Å². The van der Waals surface area contributed by atoms with Crippen LogP contribution in [0.1, 0.15) is 32.4 Å². The molecule has 3 rings (SSSR count). The molecule has 2 atom stereocenters. The van der Waals surface area contributed by atoms with E-state index in [2.05, 4.69) is 5.32 Å². The van der Waals surface area contributed by atoms with Crippen molar-refractivity contribution in [1.29, 1.82) is 0 Å². The van der Waals surface area contributed by atoms with Crippen molar-refractivity contribution in [3.8, 4) is 0 Å². The molecule has 0 bridgehead atoms. The number of carbonyl (C=O) groups excluding carboxylic acids is 2. The molecule has 1 N–H and O–H groups in total. The van der Waals surface area contributed by atoms with E-state index in [9.17, 15) is 9.59 Å². The lowest BCUT2D eigenvalue weighted by atomic mass is 10.0. The van der Waals surface area contributed by atoms with Crippen molar-refractivity contribution in [2.24, 2.45) is 17.3 Å². The molecule has 2 aliphatic rings. The maximum atomic E-state index is 12.2. The lowest BCUT2D eigenvalue weighted by Crippen LogP contribution is -2.33. The molecular formula is C16H22N2O3. The number of carbonyl (C=O) groups is 2. The van der Waals surface area contributed by atoms with Crippen molar-refractivity contribution >= 4 is 11.8 Å². The van der Waals surface area contributed by atoms with Gasteiger partial charge in [-0.15, -0.1) is 0 Å². The number of nitrogens with one attached hydrogen (secondary N) is 1. The summed E-state index contributed by atoms with van der Waals surface area (Å²) < 4.78 is 5.21. The zero-order chi connectivity index (χ0) is 15.0. The van der Waals surface area contributed by atoms with E-state index in [0.717, 1.165) is 31.7 Å². The molecule has 5 heteroatoms. The monoisotopic (exact) mass is 290 g/mol. The first kappa shape index (κ1) is 14.2. The van der Waals surface area contributed by atoms with Gasteiger partial charge in [-0.05, 0) is 25.0 Å². The molecule has 114 valence electrons. The highest BCUT2D eigenvalue weighted by Crippen LogP contribution is 2.58. The Labute approximate surface area is 124 Å². The Kier molecular flexibility index (Phi) is 3.51. The van der Waals surface area contributed by atoms with Gasteiger partial charge in [-0.3, -0.25) is 9.59 Å². The second-order valence-corrected chi connectivity index (χ2v) is 6.58. The summed E-state index contributed by atoms with van der Waals surface area (Å²) in [6.45, 7) is 5.82. The Hall–Kier alpha value is -1.78. The van der Waals surface area contributed by atoms with Gasteiger partial charge in [0.15, 0.2) is 0 Å². The van der Waals surface area contributed by atoms with E-state index in [-0.39, 0.29) is 29.1 Å². The van der Waals surface area contributed by atoms with E-state index in [1.807, 2.05) is 30.9 Å². The highest BCUT2D eigenvalue weighted by atomic mass is 16.3. The zero-order valence-corrected chi connectivity index (χ0v) is 12.6. The van der Waals surface area contributed by atoms with Crippen LogP contribution in [0.2, 0.25) is 0 Å². The van der Waals surface area contributed by atoms with E-state index < -0.39 is 0 Å². The third-order valence-electron chi connectivity index (χ3n) is 4.71. The van der Waals surface area contributed by atoms with Crippen LogP contribution in [-0.2, 0) is 16.1 Å². The van der Waals surface area contributed by atoms with E-state index in [0.29, 0.717) is 6.54 Å². The number of furan rings is 1. The Bertz CT molecular complexity index is 538. The van der Waals surface area contributed by atoms with Gasteiger partial charge in [0.2, 0.25) is 11.8 Å². The van der Waals surface area contributed by atoms with Crippen molar-refractivity contribution in [1.82, 2.24) is 10.2 Å². The van der Waals surface area contributed by atoms with Crippen LogP contribution in [0, 0.1) is 17.3 Å². The third-order valence-corrected chi connectivity index (χ3v) is 4.71. The second-order valence-electron chi connectivity index (χ2n) is 6.58. The molecule has 1 saturated heterocycles. The fraction of sp³-hybridized carbons (Fsp3) is 0.625. The molecule has 2 heterocycles. The molecule has 0 radical (unpaired) electrons. The highest BCUT2D eigenvalue weighted by Gasteiger charge is 2.61. The molecule has 0 aromatic carbocycles. The van der Waals surface area contributed by atoms with Crippen LogP contribution in [0.3, 0.4) is 0 Å². The third kappa shape index (κ3) is 2.69. The Balaban J connectivity index is 1.51. The van der Waals surface area contributed by atoms with Crippen molar-refractivity contribution in [2.45, 2.75) is 33.2 Å². The van der Waals surface area contributed by atoms with E-state index in [1.165, 1.54) is 0 Å². The van der Waals surface area contributed by atoms with Gasteiger partial charge in [-0.2, -0.15) is 0 Å². The number of rotatable bonds is 4. The first-order valence-electron chi connectivity index (χ1n) is 7.61. The molecular weight excluding hydrogens is 268 g/mol. The molecule has 1 aliphatic carbocycles. The normalized spacial score (nSPS) is 27.4. The minimum absolute atomic E-state index is 0.0325. The molecule has 2 unspecified atom stereocenters. The van der Waals surface area contributed by atoms with Crippen LogP contribution in [-0.4, -0.2) is 29.8 Å². The summed E-state index contributed by atoms with van der Waals surface area (Å²) in [6, 6.07) is 3.66. The van der Waals surface area contributed by atoms with Crippen LogP contribution in [0.25, 0.3) is 0 Å². The topological polar surface area (TPSA) is 62.6 Å². The molecule has 1 aromatic heterocycles. The molecule has 1 aromatic rings. The van der Waals surface area contributed by atoms with Gasteiger partial charge >= 0.3 is 0 Å². The van der Waals surface area contributed by atoms with E-state index in [1.54, 1.807) is 6.26 Å². The fourth-order valence-corrected chi connectivity index (χ4v) is 3.33. The van der Waals surface area contributed by atoms with E-state index >= 15 is 0 Å². The Morgan fingerprint density at radius 3 is 3.00 bits per heavy atom. The summed E-state index contributed by atoms with van der Waals surface area (Å²) in [5.41, 5.74) is 0.0395. The van der Waals surface area contributed by atoms with Crippen molar-refractivity contribution < 1.29 is 14.0 Å². The summed E-state index contributed by atoms with van der Waals surface area (Å²) >= 11 is 0. The van der Waals surface area contributed by atoms with Crippen LogP contribution in [0.5, 0.6) is 0 Å². The fourth-order valence-electron chi connectivity index (χ4n) is 3.33.